The zero-order valence-electron chi connectivity index (χ0n) is 10.7. The molecule has 4 aromatic rings. The predicted octanol–water partition coefficient (Wildman–Crippen LogP) is 3.54. The molecule has 20 heavy (non-hydrogen) atoms. The number of nitrogens with zero attached hydrogens (tertiary/aromatic N) is 3. The Bertz CT molecular complexity index is 842. The topological polar surface area (TPSA) is 46.5 Å². The van der Waals surface area contributed by atoms with E-state index in [2.05, 4.69) is 44.8 Å². The van der Waals surface area contributed by atoms with Gasteiger partial charge in [-0.3, -0.25) is 4.68 Å². The second-order valence-electron chi connectivity index (χ2n) is 4.65. The van der Waals surface area contributed by atoms with Gasteiger partial charge in [-0.1, -0.05) is 6.07 Å². The van der Waals surface area contributed by atoms with Gasteiger partial charge in [-0.15, -0.1) is 11.3 Å². The Morgan fingerprint density at radius 2 is 2.20 bits per heavy atom. The van der Waals surface area contributed by atoms with E-state index in [9.17, 15) is 0 Å². The highest BCUT2D eigenvalue weighted by Crippen LogP contribution is 2.22. The highest BCUT2D eigenvalue weighted by Gasteiger charge is 2.05. The van der Waals surface area contributed by atoms with Gasteiger partial charge in [0.1, 0.15) is 5.65 Å². The smallest absolute Gasteiger partial charge is 0.137 e. The molecule has 0 radical (unpaired) electrons. The van der Waals surface area contributed by atoms with Crippen LogP contribution in [0.2, 0.25) is 0 Å². The Morgan fingerprint density at radius 1 is 1.20 bits per heavy atom. The fourth-order valence-corrected chi connectivity index (χ4v) is 2.95. The Balaban J connectivity index is 1.66. The summed E-state index contributed by atoms with van der Waals surface area (Å²) in [4.78, 5) is 8.82. The fourth-order valence-electron chi connectivity index (χ4n) is 2.26. The van der Waals surface area contributed by atoms with Gasteiger partial charge in [0.15, 0.2) is 0 Å². The van der Waals surface area contributed by atoms with E-state index in [4.69, 9.17) is 0 Å². The number of H-pyrrole nitrogens is 1. The highest BCUT2D eigenvalue weighted by atomic mass is 32.1. The highest BCUT2D eigenvalue weighted by molar-refractivity contribution is 7.09. The van der Waals surface area contributed by atoms with Crippen molar-refractivity contribution in [3.8, 4) is 11.1 Å². The number of pyridine rings is 1. The molecule has 0 spiro atoms. The molecular formula is C15H12N4S. The number of thiophene rings is 1. The van der Waals surface area contributed by atoms with Crippen LogP contribution in [0.25, 0.3) is 22.2 Å². The third-order valence-corrected chi connectivity index (χ3v) is 4.13. The number of hydrogen-bond acceptors (Lipinski definition) is 3. The van der Waals surface area contributed by atoms with E-state index in [0.29, 0.717) is 0 Å². The van der Waals surface area contributed by atoms with Gasteiger partial charge in [-0.05, 0) is 23.6 Å². The fraction of sp³-hybridized carbons (Fsp3) is 0.0667. The maximum atomic E-state index is 4.42. The molecule has 98 valence electrons. The number of hydrogen-bond donors (Lipinski definition) is 1. The van der Waals surface area contributed by atoms with E-state index >= 15 is 0 Å². The number of nitrogens with one attached hydrogen (secondary N) is 1. The monoisotopic (exact) mass is 280 g/mol. The molecule has 4 heterocycles. The molecule has 5 heteroatoms. The van der Waals surface area contributed by atoms with Crippen molar-refractivity contribution in [2.75, 3.05) is 0 Å². The minimum absolute atomic E-state index is 0.817. The van der Waals surface area contributed by atoms with Crippen LogP contribution in [-0.2, 0) is 6.54 Å². The van der Waals surface area contributed by atoms with Gasteiger partial charge in [0.2, 0.25) is 0 Å². The van der Waals surface area contributed by atoms with E-state index in [0.717, 1.165) is 28.7 Å². The summed E-state index contributed by atoms with van der Waals surface area (Å²) in [6.07, 6.45) is 7.74. The molecule has 0 unspecified atom stereocenters. The van der Waals surface area contributed by atoms with Crippen LogP contribution in [0.4, 0.5) is 0 Å². The van der Waals surface area contributed by atoms with Gasteiger partial charge in [-0.2, -0.15) is 5.10 Å². The summed E-state index contributed by atoms with van der Waals surface area (Å²) in [7, 11) is 0. The molecule has 0 bridgehead atoms. The van der Waals surface area contributed by atoms with Crippen LogP contribution in [0.5, 0.6) is 0 Å². The predicted molar refractivity (Wildman–Crippen MR) is 80.7 cm³/mol. The summed E-state index contributed by atoms with van der Waals surface area (Å²) in [6.45, 7) is 0.817. The third kappa shape index (κ3) is 2.02. The SMILES string of the molecule is c1csc(Cn2cc(-c3cnc4[nH]ccc4c3)cn2)c1. The Hall–Kier alpha value is -2.40. The lowest BCUT2D eigenvalue weighted by atomic mass is 10.1. The lowest BCUT2D eigenvalue weighted by molar-refractivity contribution is 0.695. The summed E-state index contributed by atoms with van der Waals surface area (Å²) in [5.41, 5.74) is 3.10. The van der Waals surface area contributed by atoms with E-state index in [-0.39, 0.29) is 0 Å². The standard InChI is InChI=1S/C15H12N4S/c1-2-14(20-5-1)10-19-9-13(8-18-19)12-6-11-3-4-16-15(11)17-7-12/h1-9H,10H2,(H,16,17). The van der Waals surface area contributed by atoms with Gasteiger partial charge in [0.05, 0.1) is 12.7 Å². The summed E-state index contributed by atoms with van der Waals surface area (Å²) >= 11 is 1.75. The molecule has 0 amide bonds. The average Bonchev–Trinajstić information content (AvgIpc) is 3.19. The van der Waals surface area contributed by atoms with E-state index < -0.39 is 0 Å². The molecule has 0 saturated carbocycles. The molecule has 4 aromatic heterocycles. The van der Waals surface area contributed by atoms with E-state index in [1.54, 1.807) is 11.3 Å². The summed E-state index contributed by atoms with van der Waals surface area (Å²) in [5.74, 6) is 0. The maximum absolute atomic E-state index is 4.42. The van der Waals surface area contributed by atoms with E-state index in [1.807, 2.05) is 29.3 Å². The minimum Gasteiger partial charge on any atom is -0.346 e. The van der Waals surface area contributed by atoms with Gasteiger partial charge < -0.3 is 4.98 Å². The number of fused-ring (bicyclic) bond motifs is 1. The van der Waals surface area contributed by atoms with Crippen molar-refractivity contribution in [1.82, 2.24) is 19.7 Å². The molecule has 0 aliphatic rings. The van der Waals surface area contributed by atoms with Crippen LogP contribution in [0.1, 0.15) is 4.88 Å². The quantitative estimate of drug-likeness (QED) is 0.624. The van der Waals surface area contributed by atoms with Crippen molar-refractivity contribution < 1.29 is 0 Å². The van der Waals surface area contributed by atoms with Crippen molar-refractivity contribution in [2.24, 2.45) is 0 Å². The van der Waals surface area contributed by atoms with Gasteiger partial charge in [0, 0.05) is 40.0 Å². The van der Waals surface area contributed by atoms with Crippen LogP contribution in [0, 0.1) is 0 Å². The van der Waals surface area contributed by atoms with Crippen molar-refractivity contribution >= 4 is 22.4 Å². The minimum atomic E-state index is 0.817. The Morgan fingerprint density at radius 3 is 3.10 bits per heavy atom. The first-order valence-corrected chi connectivity index (χ1v) is 7.25. The van der Waals surface area contributed by atoms with Gasteiger partial charge in [-0.25, -0.2) is 4.98 Å². The molecular weight excluding hydrogens is 268 g/mol. The van der Waals surface area contributed by atoms with Crippen molar-refractivity contribution in [3.63, 3.8) is 0 Å². The maximum Gasteiger partial charge on any atom is 0.137 e. The zero-order chi connectivity index (χ0) is 13.4. The van der Waals surface area contributed by atoms with Crippen LogP contribution in [0.15, 0.2) is 54.4 Å². The third-order valence-electron chi connectivity index (χ3n) is 3.26. The van der Waals surface area contributed by atoms with Crippen LogP contribution < -0.4 is 0 Å². The summed E-state index contributed by atoms with van der Waals surface area (Å²) < 4.78 is 1.96. The molecule has 0 atom stereocenters. The second kappa shape index (κ2) is 4.61. The molecule has 0 saturated heterocycles. The first kappa shape index (κ1) is 11.4. The van der Waals surface area contributed by atoms with Crippen LogP contribution in [0.3, 0.4) is 0 Å². The Kier molecular flexibility index (Phi) is 2.63. The van der Waals surface area contributed by atoms with Crippen molar-refractivity contribution in [3.05, 3.63) is 59.3 Å². The first-order valence-electron chi connectivity index (χ1n) is 6.37. The molecule has 4 rings (SSSR count). The van der Waals surface area contributed by atoms with Crippen LogP contribution in [-0.4, -0.2) is 19.7 Å². The molecule has 0 aromatic carbocycles. The first-order chi connectivity index (χ1) is 9.88. The molecule has 0 aliphatic carbocycles. The van der Waals surface area contributed by atoms with E-state index in [1.165, 1.54) is 4.88 Å². The van der Waals surface area contributed by atoms with Crippen molar-refractivity contribution in [2.45, 2.75) is 6.54 Å². The van der Waals surface area contributed by atoms with Crippen LogP contribution >= 0.6 is 11.3 Å². The van der Waals surface area contributed by atoms with Gasteiger partial charge in [0.25, 0.3) is 0 Å². The Labute approximate surface area is 119 Å². The summed E-state index contributed by atoms with van der Waals surface area (Å²) in [6, 6.07) is 8.35. The second-order valence-corrected chi connectivity index (χ2v) is 5.68. The number of rotatable bonds is 3. The molecule has 0 fully saturated rings. The number of aromatic amines is 1. The largest absolute Gasteiger partial charge is 0.346 e. The van der Waals surface area contributed by atoms with Gasteiger partial charge >= 0.3 is 0 Å². The number of aromatic nitrogens is 4. The van der Waals surface area contributed by atoms with Crippen molar-refractivity contribution in [1.29, 1.82) is 0 Å². The lowest BCUT2D eigenvalue weighted by Crippen LogP contribution is -1.97. The molecule has 0 aliphatic heterocycles. The zero-order valence-corrected chi connectivity index (χ0v) is 11.5. The molecule has 4 nitrogen and oxygen atoms in total. The average molecular weight is 280 g/mol. The summed E-state index contributed by atoms with van der Waals surface area (Å²) in [5, 5.41) is 7.63. The normalized spacial score (nSPS) is 11.2. The molecule has 1 N–H and O–H groups in total. The lowest BCUT2D eigenvalue weighted by Gasteiger charge is -1.98.